The first-order valence-corrected chi connectivity index (χ1v) is 12.0. The van der Waals surface area contributed by atoms with Crippen LogP contribution >= 0.6 is 11.6 Å². The Kier molecular flexibility index (Phi) is 6.22. The summed E-state index contributed by atoms with van der Waals surface area (Å²) in [5.74, 6) is -0.785. The first-order valence-electron chi connectivity index (χ1n) is 11.6. The maximum absolute atomic E-state index is 13.4. The summed E-state index contributed by atoms with van der Waals surface area (Å²) < 4.78 is 0. The van der Waals surface area contributed by atoms with Gasteiger partial charge in [-0.05, 0) is 18.6 Å². The molecule has 34 heavy (non-hydrogen) atoms. The van der Waals surface area contributed by atoms with E-state index in [0.717, 1.165) is 18.7 Å². The van der Waals surface area contributed by atoms with E-state index in [4.69, 9.17) is 11.6 Å². The highest BCUT2D eigenvalue weighted by atomic mass is 35.5. The number of carbonyl (C=O) groups excluding carboxylic acids is 2. The standard InChI is InChI=1S/C28H26ClN3O2/c1-20-10-8-9-15-23(20)32-27(33)24(29)26(28(32)34)31-18-16-30(17-19-31)25(21-11-4-2-5-12-21)22-13-6-3-7-14-22/h2-15,25H,16-19H2,1H3/p+1. The molecule has 1 saturated heterocycles. The molecule has 6 heteroatoms. The Morgan fingerprint density at radius 2 is 1.29 bits per heavy atom. The third-order valence-corrected chi connectivity index (χ3v) is 7.10. The molecule has 1 N–H and O–H groups in total. The molecule has 5 nitrogen and oxygen atoms in total. The van der Waals surface area contributed by atoms with Crippen LogP contribution in [0.4, 0.5) is 5.69 Å². The molecule has 2 aliphatic heterocycles. The lowest BCUT2D eigenvalue weighted by molar-refractivity contribution is -0.929. The number of halogens is 1. The first kappa shape index (κ1) is 22.4. The lowest BCUT2D eigenvalue weighted by Crippen LogP contribution is -3.15. The van der Waals surface area contributed by atoms with Gasteiger partial charge in [0.15, 0.2) is 0 Å². The number of hydrogen-bond donors (Lipinski definition) is 1. The van der Waals surface area contributed by atoms with Crippen LogP contribution in [0, 0.1) is 6.92 Å². The van der Waals surface area contributed by atoms with Crippen molar-refractivity contribution in [3.05, 3.63) is 112 Å². The predicted octanol–water partition coefficient (Wildman–Crippen LogP) is 3.31. The highest BCUT2D eigenvalue weighted by molar-refractivity contribution is 6.52. The molecule has 2 heterocycles. The second-order valence-electron chi connectivity index (χ2n) is 8.79. The molecule has 3 aromatic carbocycles. The summed E-state index contributed by atoms with van der Waals surface area (Å²) in [5, 5.41) is 0.0133. The number of quaternary nitrogens is 1. The third kappa shape index (κ3) is 4.02. The van der Waals surface area contributed by atoms with Crippen LogP contribution in [0.1, 0.15) is 22.7 Å². The predicted molar refractivity (Wildman–Crippen MR) is 134 cm³/mol. The average Bonchev–Trinajstić information content (AvgIpc) is 3.09. The number of hydrogen-bond acceptors (Lipinski definition) is 3. The summed E-state index contributed by atoms with van der Waals surface area (Å²) in [6.45, 7) is 4.84. The zero-order valence-corrected chi connectivity index (χ0v) is 19.8. The van der Waals surface area contributed by atoms with E-state index >= 15 is 0 Å². The molecule has 0 radical (unpaired) electrons. The van der Waals surface area contributed by atoms with Gasteiger partial charge in [-0.2, -0.15) is 0 Å². The van der Waals surface area contributed by atoms with Gasteiger partial charge < -0.3 is 9.80 Å². The number of carbonyl (C=O) groups is 2. The van der Waals surface area contributed by atoms with Crippen LogP contribution < -0.4 is 9.80 Å². The molecule has 0 spiro atoms. The number of piperazine rings is 1. The highest BCUT2D eigenvalue weighted by Gasteiger charge is 2.43. The molecule has 1 fully saturated rings. The molecular formula is C28H27ClN3O2+. The summed E-state index contributed by atoms with van der Waals surface area (Å²) in [7, 11) is 0. The number of aryl methyl sites for hydroxylation is 1. The van der Waals surface area contributed by atoms with Crippen molar-refractivity contribution in [1.82, 2.24) is 4.90 Å². The zero-order valence-electron chi connectivity index (χ0n) is 19.1. The van der Waals surface area contributed by atoms with E-state index < -0.39 is 5.91 Å². The molecule has 0 atom stereocenters. The van der Waals surface area contributed by atoms with Gasteiger partial charge in [-0.25, -0.2) is 4.90 Å². The van der Waals surface area contributed by atoms with Gasteiger partial charge in [-0.1, -0.05) is 90.5 Å². The molecule has 172 valence electrons. The van der Waals surface area contributed by atoms with Gasteiger partial charge in [0.1, 0.15) is 16.8 Å². The van der Waals surface area contributed by atoms with E-state index in [0.29, 0.717) is 24.5 Å². The number of para-hydroxylation sites is 1. The van der Waals surface area contributed by atoms with E-state index in [9.17, 15) is 9.59 Å². The lowest BCUT2D eigenvalue weighted by atomic mass is 9.96. The summed E-state index contributed by atoms with van der Waals surface area (Å²) >= 11 is 6.46. The van der Waals surface area contributed by atoms with Crippen LogP contribution in [-0.4, -0.2) is 42.9 Å². The Balaban J connectivity index is 1.37. The first-order chi connectivity index (χ1) is 16.6. The van der Waals surface area contributed by atoms with E-state index in [1.54, 1.807) is 6.07 Å². The molecule has 0 aliphatic carbocycles. The quantitative estimate of drug-likeness (QED) is 0.579. The number of amides is 2. The van der Waals surface area contributed by atoms with Crippen molar-refractivity contribution in [1.29, 1.82) is 0 Å². The molecular weight excluding hydrogens is 446 g/mol. The van der Waals surface area contributed by atoms with Gasteiger partial charge in [0.2, 0.25) is 0 Å². The minimum atomic E-state index is -0.447. The minimum Gasteiger partial charge on any atom is -0.354 e. The van der Waals surface area contributed by atoms with E-state index in [1.165, 1.54) is 20.9 Å². The van der Waals surface area contributed by atoms with Crippen molar-refractivity contribution in [2.75, 3.05) is 31.1 Å². The summed E-state index contributed by atoms with van der Waals surface area (Å²) in [6, 6.07) is 28.7. The van der Waals surface area contributed by atoms with Crippen LogP contribution in [0.15, 0.2) is 95.7 Å². The monoisotopic (exact) mass is 472 g/mol. The zero-order chi connectivity index (χ0) is 23.7. The van der Waals surface area contributed by atoms with Crippen molar-refractivity contribution >= 4 is 29.1 Å². The Morgan fingerprint density at radius 3 is 1.85 bits per heavy atom. The SMILES string of the molecule is Cc1ccccc1N1C(=O)C(Cl)=C(N2CC[NH+](C(c3ccccc3)c3ccccc3)CC2)C1=O. The van der Waals surface area contributed by atoms with Crippen LogP contribution in [0.25, 0.3) is 0 Å². The molecule has 0 aromatic heterocycles. The van der Waals surface area contributed by atoms with Crippen molar-refractivity contribution in [2.24, 2.45) is 0 Å². The Labute approximate surface area is 204 Å². The van der Waals surface area contributed by atoms with Crippen molar-refractivity contribution in [3.63, 3.8) is 0 Å². The van der Waals surface area contributed by atoms with Crippen molar-refractivity contribution in [2.45, 2.75) is 13.0 Å². The average molecular weight is 473 g/mol. The maximum Gasteiger partial charge on any atom is 0.283 e. The van der Waals surface area contributed by atoms with Gasteiger partial charge in [-0.3, -0.25) is 9.59 Å². The molecule has 0 saturated carbocycles. The van der Waals surface area contributed by atoms with Gasteiger partial charge >= 0.3 is 0 Å². The highest BCUT2D eigenvalue weighted by Crippen LogP contribution is 2.33. The fourth-order valence-corrected chi connectivity index (χ4v) is 5.34. The molecule has 3 aromatic rings. The Bertz CT molecular complexity index is 1200. The van der Waals surface area contributed by atoms with E-state index in [1.807, 2.05) is 42.2 Å². The fourth-order valence-electron chi connectivity index (χ4n) is 5.06. The van der Waals surface area contributed by atoms with E-state index in [2.05, 4.69) is 48.5 Å². The minimum absolute atomic E-state index is 0.0133. The molecule has 0 bridgehead atoms. The second-order valence-corrected chi connectivity index (χ2v) is 9.17. The van der Waals surface area contributed by atoms with Crippen molar-refractivity contribution in [3.8, 4) is 0 Å². The summed E-state index contributed by atoms with van der Waals surface area (Å²) in [4.78, 5) is 30.9. The smallest absolute Gasteiger partial charge is 0.283 e. The van der Waals surface area contributed by atoms with Crippen LogP contribution in [0.5, 0.6) is 0 Å². The molecule has 5 rings (SSSR count). The van der Waals surface area contributed by atoms with E-state index in [-0.39, 0.29) is 17.0 Å². The van der Waals surface area contributed by atoms with Gasteiger partial charge in [0, 0.05) is 11.1 Å². The van der Waals surface area contributed by atoms with Gasteiger partial charge in [-0.15, -0.1) is 0 Å². The van der Waals surface area contributed by atoms with Crippen molar-refractivity contribution < 1.29 is 14.5 Å². The fraction of sp³-hybridized carbons (Fsp3) is 0.214. The third-order valence-electron chi connectivity index (χ3n) is 6.76. The largest absolute Gasteiger partial charge is 0.354 e. The number of rotatable bonds is 5. The van der Waals surface area contributed by atoms with Crippen LogP contribution in [0.3, 0.4) is 0 Å². The summed E-state index contributed by atoms with van der Waals surface area (Å²) in [5.41, 5.74) is 4.31. The number of nitrogens with one attached hydrogen (secondary N) is 1. The lowest BCUT2D eigenvalue weighted by Gasteiger charge is -2.38. The Hall–Kier alpha value is -3.41. The second kappa shape index (κ2) is 9.45. The molecule has 2 amide bonds. The van der Waals surface area contributed by atoms with Crippen LogP contribution in [0.2, 0.25) is 0 Å². The maximum atomic E-state index is 13.4. The number of anilines is 1. The number of benzene rings is 3. The van der Waals surface area contributed by atoms with Gasteiger partial charge in [0.25, 0.3) is 11.8 Å². The normalized spacial score (nSPS) is 17.3. The Morgan fingerprint density at radius 1 is 0.765 bits per heavy atom. The van der Waals surface area contributed by atoms with Gasteiger partial charge in [0.05, 0.1) is 31.9 Å². The number of imide groups is 1. The number of nitrogens with zero attached hydrogens (tertiary/aromatic N) is 2. The topological polar surface area (TPSA) is 45.1 Å². The molecule has 2 aliphatic rings. The van der Waals surface area contributed by atoms with Crippen LogP contribution in [-0.2, 0) is 9.59 Å². The summed E-state index contributed by atoms with van der Waals surface area (Å²) in [6.07, 6.45) is 0. The molecule has 0 unspecified atom stereocenters.